The van der Waals surface area contributed by atoms with Crippen LogP contribution >= 0.6 is 0 Å². The lowest BCUT2D eigenvalue weighted by Gasteiger charge is -2.26. The van der Waals surface area contributed by atoms with Crippen molar-refractivity contribution in [3.05, 3.63) is 48.7 Å². The van der Waals surface area contributed by atoms with Crippen LogP contribution in [0.15, 0.2) is 43.0 Å². The number of para-hydroxylation sites is 1. The Morgan fingerprint density at radius 1 is 1.33 bits per heavy atom. The zero-order valence-electron chi connectivity index (χ0n) is 18.2. The summed E-state index contributed by atoms with van der Waals surface area (Å²) in [5.41, 5.74) is 2.38. The number of nitrogens with zero attached hydrogens (tertiary/aromatic N) is 5. The molecule has 170 valence electrons. The summed E-state index contributed by atoms with van der Waals surface area (Å²) in [4.78, 5) is 35.3. The number of aromatic nitrogens is 5. The van der Waals surface area contributed by atoms with E-state index in [1.807, 2.05) is 24.3 Å². The second-order valence-corrected chi connectivity index (χ2v) is 8.18. The van der Waals surface area contributed by atoms with Gasteiger partial charge in [-0.15, -0.1) is 0 Å². The molecule has 1 saturated heterocycles. The topological polar surface area (TPSA) is 129 Å². The van der Waals surface area contributed by atoms with Crippen molar-refractivity contribution in [1.29, 1.82) is 0 Å². The summed E-state index contributed by atoms with van der Waals surface area (Å²) in [5, 5.41) is 13.0. The normalized spacial score (nSPS) is 16.9. The maximum atomic E-state index is 12.6. The lowest BCUT2D eigenvalue weighted by atomic mass is 10.1. The summed E-state index contributed by atoms with van der Waals surface area (Å²) in [6.07, 6.45) is 4.50. The lowest BCUT2D eigenvalue weighted by molar-refractivity contribution is 0.0919. The number of nitrogens with one attached hydrogen (secondary N) is 2. The van der Waals surface area contributed by atoms with Crippen LogP contribution in [0.2, 0.25) is 0 Å². The summed E-state index contributed by atoms with van der Waals surface area (Å²) in [7, 11) is 0. The highest BCUT2D eigenvalue weighted by Gasteiger charge is 2.28. The van der Waals surface area contributed by atoms with Crippen LogP contribution < -0.4 is 15.0 Å². The molecule has 0 radical (unpaired) electrons. The first-order valence-electron chi connectivity index (χ1n) is 11.0. The summed E-state index contributed by atoms with van der Waals surface area (Å²) in [5.74, 6) is 1.07. The molecule has 0 aliphatic carbocycles. The van der Waals surface area contributed by atoms with Crippen molar-refractivity contribution in [2.24, 2.45) is 0 Å². The molecular formula is C23H25N7O3. The molecule has 4 aromatic rings. The first-order valence-corrected chi connectivity index (χ1v) is 11.0. The summed E-state index contributed by atoms with van der Waals surface area (Å²) in [6, 6.07) is 9.36. The number of ether oxygens (including phenoxy) is 1. The first kappa shape index (κ1) is 21.1. The number of imidazole rings is 1. The third-order valence-corrected chi connectivity index (χ3v) is 5.75. The predicted molar refractivity (Wildman–Crippen MR) is 123 cm³/mol. The molecule has 1 aromatic carbocycles. The van der Waals surface area contributed by atoms with E-state index in [9.17, 15) is 9.90 Å². The molecule has 10 heteroatoms. The second kappa shape index (κ2) is 8.99. The number of aromatic amines is 1. The Hall–Kier alpha value is -3.79. The van der Waals surface area contributed by atoms with Crippen LogP contribution in [0, 0.1) is 0 Å². The highest BCUT2D eigenvalue weighted by Crippen LogP contribution is 2.30. The number of amides is 1. The van der Waals surface area contributed by atoms with Crippen molar-refractivity contribution in [2.45, 2.75) is 31.9 Å². The number of anilines is 1. The molecule has 0 bridgehead atoms. The maximum absolute atomic E-state index is 12.6. The molecule has 5 rings (SSSR count). The van der Waals surface area contributed by atoms with Gasteiger partial charge in [0.1, 0.15) is 29.9 Å². The Morgan fingerprint density at radius 3 is 3.09 bits per heavy atom. The minimum absolute atomic E-state index is 0.117. The second-order valence-electron chi connectivity index (χ2n) is 8.18. The lowest BCUT2D eigenvalue weighted by Crippen LogP contribution is -2.35. The van der Waals surface area contributed by atoms with Crippen molar-refractivity contribution < 1.29 is 14.6 Å². The van der Waals surface area contributed by atoms with E-state index in [1.165, 1.54) is 6.33 Å². The minimum Gasteiger partial charge on any atom is -0.491 e. The van der Waals surface area contributed by atoms with Gasteiger partial charge >= 0.3 is 0 Å². The van der Waals surface area contributed by atoms with E-state index in [-0.39, 0.29) is 24.2 Å². The Labute approximate surface area is 190 Å². The van der Waals surface area contributed by atoms with E-state index in [2.05, 4.69) is 35.1 Å². The predicted octanol–water partition coefficient (Wildman–Crippen LogP) is 2.06. The van der Waals surface area contributed by atoms with Gasteiger partial charge in [-0.2, -0.15) is 0 Å². The van der Waals surface area contributed by atoms with E-state index in [0.29, 0.717) is 23.5 Å². The fraction of sp³-hybridized carbons (Fsp3) is 0.348. The van der Waals surface area contributed by atoms with Crippen LogP contribution in [0.5, 0.6) is 5.75 Å². The zero-order chi connectivity index (χ0) is 22.8. The molecule has 3 aromatic heterocycles. The first-order chi connectivity index (χ1) is 16.1. The molecule has 10 nitrogen and oxygen atoms in total. The number of aliphatic hydroxyl groups excluding tert-OH is 1. The molecule has 0 spiro atoms. The quantitative estimate of drug-likeness (QED) is 0.393. The molecule has 1 unspecified atom stereocenters. The fourth-order valence-electron chi connectivity index (χ4n) is 4.15. The summed E-state index contributed by atoms with van der Waals surface area (Å²) < 4.78 is 6.28. The van der Waals surface area contributed by atoms with Crippen LogP contribution in [0.1, 0.15) is 30.3 Å². The molecule has 3 N–H and O–H groups in total. The Balaban J connectivity index is 1.39. The van der Waals surface area contributed by atoms with Gasteiger partial charge in [0.15, 0.2) is 11.5 Å². The third-order valence-electron chi connectivity index (χ3n) is 5.75. The maximum Gasteiger partial charge on any atom is 0.270 e. The fourth-order valence-corrected chi connectivity index (χ4v) is 4.15. The number of benzene rings is 1. The molecular weight excluding hydrogens is 422 g/mol. The molecule has 2 atom stereocenters. The smallest absolute Gasteiger partial charge is 0.270 e. The number of aliphatic hydroxyl groups is 1. The monoisotopic (exact) mass is 447 g/mol. The minimum atomic E-state index is -0.637. The summed E-state index contributed by atoms with van der Waals surface area (Å²) >= 11 is 0. The Kier molecular flexibility index (Phi) is 5.74. The van der Waals surface area contributed by atoms with Crippen LogP contribution in [0.4, 0.5) is 5.82 Å². The summed E-state index contributed by atoms with van der Waals surface area (Å²) in [6.45, 7) is 3.07. The van der Waals surface area contributed by atoms with Crippen LogP contribution in [-0.4, -0.2) is 67.8 Å². The van der Waals surface area contributed by atoms with Crippen molar-refractivity contribution in [1.82, 2.24) is 30.2 Å². The van der Waals surface area contributed by atoms with Gasteiger partial charge in [0.05, 0.1) is 24.0 Å². The average Bonchev–Trinajstić information content (AvgIpc) is 3.50. The number of hydrogen-bond donors (Lipinski definition) is 3. The Morgan fingerprint density at radius 2 is 2.21 bits per heavy atom. The van der Waals surface area contributed by atoms with Gasteiger partial charge in [0.2, 0.25) is 0 Å². The Bertz CT molecular complexity index is 1290. The highest BCUT2D eigenvalue weighted by molar-refractivity contribution is 5.97. The van der Waals surface area contributed by atoms with Gasteiger partial charge in [0, 0.05) is 24.5 Å². The van der Waals surface area contributed by atoms with Gasteiger partial charge < -0.3 is 25.0 Å². The SMILES string of the molecule is CC(O)CNC(=O)c1cc(OC[C@H]2CCCN2c2ncnc3nc[nH]c23)c2ccccc2n1. The molecule has 1 aliphatic heterocycles. The van der Waals surface area contributed by atoms with Crippen molar-refractivity contribution >= 4 is 33.8 Å². The number of pyridine rings is 1. The number of carbonyl (C=O) groups is 1. The van der Waals surface area contributed by atoms with Gasteiger partial charge in [-0.05, 0) is 31.9 Å². The largest absolute Gasteiger partial charge is 0.491 e. The highest BCUT2D eigenvalue weighted by atomic mass is 16.5. The van der Waals surface area contributed by atoms with E-state index < -0.39 is 6.10 Å². The van der Waals surface area contributed by atoms with Crippen molar-refractivity contribution in [3.63, 3.8) is 0 Å². The van der Waals surface area contributed by atoms with Crippen LogP contribution in [0.3, 0.4) is 0 Å². The van der Waals surface area contributed by atoms with Crippen LogP contribution in [-0.2, 0) is 0 Å². The van der Waals surface area contributed by atoms with Crippen molar-refractivity contribution in [3.8, 4) is 5.75 Å². The van der Waals surface area contributed by atoms with E-state index >= 15 is 0 Å². The molecule has 0 saturated carbocycles. The van der Waals surface area contributed by atoms with E-state index in [1.54, 1.807) is 19.3 Å². The van der Waals surface area contributed by atoms with Crippen LogP contribution in [0.25, 0.3) is 22.1 Å². The molecule has 1 fully saturated rings. The van der Waals surface area contributed by atoms with Gasteiger partial charge in [-0.3, -0.25) is 4.79 Å². The number of carbonyl (C=O) groups excluding carboxylic acids is 1. The third kappa shape index (κ3) is 4.29. The van der Waals surface area contributed by atoms with Gasteiger partial charge in [0.25, 0.3) is 5.91 Å². The molecule has 33 heavy (non-hydrogen) atoms. The van der Waals surface area contributed by atoms with E-state index in [0.717, 1.165) is 36.1 Å². The molecule has 1 aliphatic rings. The van der Waals surface area contributed by atoms with Crippen molar-refractivity contribution in [2.75, 3.05) is 24.6 Å². The van der Waals surface area contributed by atoms with Gasteiger partial charge in [-0.25, -0.2) is 19.9 Å². The molecule has 4 heterocycles. The number of fused-ring (bicyclic) bond motifs is 2. The zero-order valence-corrected chi connectivity index (χ0v) is 18.2. The standard InChI is InChI=1S/C23H25N7O3/c1-14(31)10-24-23(32)18-9-19(16-6-2-3-7-17(16)29-18)33-11-15-5-4-8-30(15)22-20-21(26-12-25-20)27-13-28-22/h2-3,6-7,9,12-15,31H,4-5,8,10-11H2,1H3,(H,24,32)(H,25,26,27,28)/t14?,15-/m1/s1. The number of H-pyrrole nitrogens is 1. The number of hydrogen-bond acceptors (Lipinski definition) is 8. The number of rotatable bonds is 7. The molecule has 1 amide bonds. The van der Waals surface area contributed by atoms with Gasteiger partial charge in [-0.1, -0.05) is 12.1 Å². The average molecular weight is 447 g/mol. The van der Waals surface area contributed by atoms with E-state index in [4.69, 9.17) is 4.74 Å².